The number of carboxylic acids is 1. The number of hydrogen-bond donors (Lipinski definition) is 2. The number of nitrogens with zero attached hydrogens (tertiary/aromatic N) is 2. The second kappa shape index (κ2) is 7.88. The first kappa shape index (κ1) is 17.8. The van der Waals surface area contributed by atoms with Gasteiger partial charge in [0.05, 0.1) is 18.8 Å². The first-order chi connectivity index (χ1) is 12.6. The number of carboxylic acid groups (broad SMARTS) is 1. The number of anilines is 1. The summed E-state index contributed by atoms with van der Waals surface area (Å²) >= 11 is 0. The fraction of sp³-hybridized carbons (Fsp3) is 0.263. The van der Waals surface area contributed by atoms with Crippen LogP contribution in [-0.2, 0) is 11.3 Å². The molecule has 3 rings (SSSR count). The number of amides is 2. The predicted octanol–water partition coefficient (Wildman–Crippen LogP) is 1.95. The average molecular weight is 356 g/mol. The lowest BCUT2D eigenvalue weighted by Crippen LogP contribution is -2.52. The van der Waals surface area contributed by atoms with Gasteiger partial charge in [0.1, 0.15) is 5.75 Å². The van der Waals surface area contributed by atoms with E-state index in [0.717, 1.165) is 5.56 Å². The van der Waals surface area contributed by atoms with Gasteiger partial charge in [0.15, 0.2) is 0 Å². The number of aliphatic hydroxyl groups excluding tert-OH is 1. The Balaban J connectivity index is 1.88. The van der Waals surface area contributed by atoms with Gasteiger partial charge in [-0.2, -0.15) is 0 Å². The topological polar surface area (TPSA) is 90.3 Å². The van der Waals surface area contributed by atoms with E-state index in [1.54, 1.807) is 24.3 Å². The van der Waals surface area contributed by atoms with Gasteiger partial charge < -0.3 is 19.8 Å². The summed E-state index contributed by atoms with van der Waals surface area (Å²) in [5, 5.41) is 18.7. The second-order valence-electron chi connectivity index (χ2n) is 5.94. The van der Waals surface area contributed by atoms with Crippen molar-refractivity contribution in [2.24, 2.45) is 0 Å². The molecule has 0 aliphatic carbocycles. The van der Waals surface area contributed by atoms with Crippen molar-refractivity contribution in [3.8, 4) is 5.75 Å². The van der Waals surface area contributed by atoms with Crippen LogP contribution in [0.1, 0.15) is 5.56 Å². The molecular formula is C19H20N2O5. The zero-order valence-electron chi connectivity index (χ0n) is 14.1. The van der Waals surface area contributed by atoms with E-state index >= 15 is 0 Å². The second-order valence-corrected chi connectivity index (χ2v) is 5.94. The Morgan fingerprint density at radius 2 is 1.81 bits per heavy atom. The van der Waals surface area contributed by atoms with Crippen LogP contribution in [0.5, 0.6) is 5.75 Å². The molecule has 7 nitrogen and oxygen atoms in total. The highest BCUT2D eigenvalue weighted by molar-refractivity contribution is 5.95. The summed E-state index contributed by atoms with van der Waals surface area (Å²) in [6.07, 6.45) is -1.14. The number of hydrogen-bond acceptors (Lipinski definition) is 4. The highest BCUT2D eigenvalue weighted by Crippen LogP contribution is 2.34. The Morgan fingerprint density at radius 1 is 1.12 bits per heavy atom. The Kier molecular flexibility index (Phi) is 5.38. The smallest absolute Gasteiger partial charge is 0.346 e. The normalized spacial score (nSPS) is 15.7. The van der Waals surface area contributed by atoms with Crippen LogP contribution in [0.2, 0.25) is 0 Å². The van der Waals surface area contributed by atoms with Crippen molar-refractivity contribution in [2.75, 3.05) is 24.6 Å². The highest BCUT2D eigenvalue weighted by atomic mass is 16.5. The average Bonchev–Trinajstić information content (AvgIpc) is 2.67. The number of fused-ring (bicyclic) bond motifs is 1. The number of aliphatic carboxylic acids is 1. The Morgan fingerprint density at radius 3 is 2.50 bits per heavy atom. The van der Waals surface area contributed by atoms with Crippen molar-refractivity contribution in [1.29, 1.82) is 0 Å². The zero-order valence-corrected chi connectivity index (χ0v) is 14.1. The molecule has 1 heterocycles. The van der Waals surface area contributed by atoms with E-state index in [9.17, 15) is 19.8 Å². The quantitative estimate of drug-likeness (QED) is 0.855. The van der Waals surface area contributed by atoms with Crippen molar-refractivity contribution in [2.45, 2.75) is 12.6 Å². The number of para-hydroxylation sites is 2. The van der Waals surface area contributed by atoms with Gasteiger partial charge in [0.25, 0.3) is 0 Å². The minimum absolute atomic E-state index is 0.0953. The number of urea groups is 1. The fourth-order valence-electron chi connectivity index (χ4n) is 2.88. The molecule has 1 atom stereocenters. The van der Waals surface area contributed by atoms with Gasteiger partial charge in [-0.15, -0.1) is 0 Å². The maximum Gasteiger partial charge on any atom is 0.346 e. The molecule has 0 saturated heterocycles. The highest BCUT2D eigenvalue weighted by Gasteiger charge is 2.35. The number of ether oxygens (including phenoxy) is 1. The number of rotatable bonds is 5. The van der Waals surface area contributed by atoms with Crippen LogP contribution < -0.4 is 9.64 Å². The summed E-state index contributed by atoms with van der Waals surface area (Å²) in [6, 6.07) is 15.9. The molecule has 1 unspecified atom stereocenters. The third kappa shape index (κ3) is 3.78. The molecule has 0 fully saturated rings. The summed E-state index contributed by atoms with van der Waals surface area (Å²) in [4.78, 5) is 27.4. The maximum absolute atomic E-state index is 13.1. The van der Waals surface area contributed by atoms with E-state index in [0.29, 0.717) is 18.0 Å². The monoisotopic (exact) mass is 356 g/mol. The molecule has 136 valence electrons. The van der Waals surface area contributed by atoms with Crippen molar-refractivity contribution in [3.63, 3.8) is 0 Å². The van der Waals surface area contributed by atoms with Crippen LogP contribution >= 0.6 is 0 Å². The minimum atomic E-state index is -1.14. The molecule has 1 aliphatic heterocycles. The van der Waals surface area contributed by atoms with Crippen molar-refractivity contribution < 1.29 is 24.5 Å². The van der Waals surface area contributed by atoms with Gasteiger partial charge >= 0.3 is 12.0 Å². The molecule has 2 N–H and O–H groups in total. The van der Waals surface area contributed by atoms with Gasteiger partial charge in [-0.05, 0) is 17.7 Å². The third-order valence-electron chi connectivity index (χ3n) is 4.14. The van der Waals surface area contributed by atoms with Gasteiger partial charge in [0.2, 0.25) is 6.10 Å². The standard InChI is InChI=1S/C19H20N2O5/c22-11-10-20(12-14-6-2-1-3-7-14)19(25)21-13-17(18(23)24)26-16-9-5-4-8-15(16)21/h1-9,17,22H,10-13H2,(H,23,24). The van der Waals surface area contributed by atoms with Gasteiger partial charge in [-0.25, -0.2) is 9.59 Å². The Labute approximate surface area is 151 Å². The SMILES string of the molecule is O=C(O)C1CN(C(=O)N(CCO)Cc2ccccc2)c2ccccc2O1. The van der Waals surface area contributed by atoms with E-state index in [1.165, 1.54) is 9.80 Å². The number of carbonyl (C=O) groups excluding carboxylic acids is 1. The Bertz CT molecular complexity index is 781. The summed E-state index contributed by atoms with van der Waals surface area (Å²) in [7, 11) is 0. The molecule has 2 amide bonds. The van der Waals surface area contributed by atoms with Crippen LogP contribution in [0.15, 0.2) is 54.6 Å². The van der Waals surface area contributed by atoms with E-state index in [1.807, 2.05) is 30.3 Å². The van der Waals surface area contributed by atoms with E-state index in [2.05, 4.69) is 0 Å². The van der Waals surface area contributed by atoms with Crippen LogP contribution in [0.25, 0.3) is 0 Å². The van der Waals surface area contributed by atoms with Crippen LogP contribution in [0, 0.1) is 0 Å². The zero-order chi connectivity index (χ0) is 18.5. The van der Waals surface area contributed by atoms with E-state index in [4.69, 9.17) is 4.74 Å². The van der Waals surface area contributed by atoms with Crippen molar-refractivity contribution in [3.05, 3.63) is 60.2 Å². The van der Waals surface area contributed by atoms with Gasteiger partial charge in [-0.3, -0.25) is 4.90 Å². The first-order valence-electron chi connectivity index (χ1n) is 8.30. The fourth-order valence-corrected chi connectivity index (χ4v) is 2.88. The van der Waals surface area contributed by atoms with Crippen LogP contribution in [-0.4, -0.2) is 52.9 Å². The largest absolute Gasteiger partial charge is 0.478 e. The molecule has 1 aliphatic rings. The lowest BCUT2D eigenvalue weighted by molar-refractivity contribution is -0.144. The molecule has 26 heavy (non-hydrogen) atoms. The maximum atomic E-state index is 13.1. The lowest BCUT2D eigenvalue weighted by atomic mass is 10.2. The number of aliphatic hydroxyl groups is 1. The molecule has 2 aromatic rings. The molecule has 0 bridgehead atoms. The van der Waals surface area contributed by atoms with Crippen LogP contribution in [0.4, 0.5) is 10.5 Å². The third-order valence-corrected chi connectivity index (χ3v) is 4.14. The Hall–Kier alpha value is -3.06. The molecule has 0 aromatic heterocycles. The molecule has 0 spiro atoms. The van der Waals surface area contributed by atoms with Gasteiger partial charge in [-0.1, -0.05) is 42.5 Å². The minimum Gasteiger partial charge on any atom is -0.478 e. The summed E-state index contributed by atoms with van der Waals surface area (Å²) in [5.74, 6) is -0.780. The predicted molar refractivity (Wildman–Crippen MR) is 95.2 cm³/mol. The first-order valence-corrected chi connectivity index (χ1v) is 8.30. The van der Waals surface area contributed by atoms with E-state index < -0.39 is 12.1 Å². The molecule has 0 radical (unpaired) electrons. The lowest BCUT2D eigenvalue weighted by Gasteiger charge is -2.36. The van der Waals surface area contributed by atoms with Gasteiger partial charge in [0, 0.05) is 13.1 Å². The summed E-state index contributed by atoms with van der Waals surface area (Å²) < 4.78 is 5.47. The van der Waals surface area contributed by atoms with Crippen molar-refractivity contribution >= 4 is 17.7 Å². The van der Waals surface area contributed by atoms with Crippen molar-refractivity contribution in [1.82, 2.24) is 4.90 Å². The number of benzene rings is 2. The summed E-state index contributed by atoms with van der Waals surface area (Å²) in [6.45, 7) is 0.178. The molecule has 2 aromatic carbocycles. The van der Waals surface area contributed by atoms with E-state index in [-0.39, 0.29) is 25.7 Å². The van der Waals surface area contributed by atoms with Crippen LogP contribution in [0.3, 0.4) is 0 Å². The molecule has 7 heteroatoms. The number of carbonyl (C=O) groups is 2. The molecule has 0 saturated carbocycles. The molecular weight excluding hydrogens is 336 g/mol. The summed E-state index contributed by atoms with van der Waals surface area (Å²) in [5.41, 5.74) is 1.44.